The molecule has 1 saturated heterocycles. The third-order valence-electron chi connectivity index (χ3n) is 4.94. The molecule has 1 aromatic carbocycles. The van der Waals surface area contributed by atoms with Crippen molar-refractivity contribution in [2.24, 2.45) is 5.41 Å². The standard InChI is InChI=1S/C17H25NO/c1-14(19)15-8-4-5-9-16(15)18-12-17(13-18)10-6-2-3-7-11-17/h4-5,8-9,14,19H,2-3,6-7,10-13H2,1H3. The second kappa shape index (κ2) is 5.16. The van der Waals surface area contributed by atoms with E-state index in [0.29, 0.717) is 5.41 Å². The van der Waals surface area contributed by atoms with Gasteiger partial charge in [-0.25, -0.2) is 0 Å². The molecule has 1 unspecified atom stereocenters. The van der Waals surface area contributed by atoms with E-state index in [4.69, 9.17) is 0 Å². The maximum Gasteiger partial charge on any atom is 0.0781 e. The average molecular weight is 259 g/mol. The van der Waals surface area contributed by atoms with Gasteiger partial charge in [0.25, 0.3) is 0 Å². The van der Waals surface area contributed by atoms with Crippen molar-refractivity contribution in [2.45, 2.75) is 51.6 Å². The largest absolute Gasteiger partial charge is 0.389 e. The van der Waals surface area contributed by atoms with Crippen LogP contribution < -0.4 is 4.90 Å². The zero-order valence-corrected chi connectivity index (χ0v) is 11.9. The molecule has 0 amide bonds. The third kappa shape index (κ3) is 2.51. The fourth-order valence-electron chi connectivity index (χ4n) is 3.86. The highest BCUT2D eigenvalue weighted by atomic mass is 16.3. The van der Waals surface area contributed by atoms with Crippen LogP contribution in [0.25, 0.3) is 0 Å². The minimum absolute atomic E-state index is 0.373. The number of hydrogen-bond acceptors (Lipinski definition) is 2. The van der Waals surface area contributed by atoms with Gasteiger partial charge in [0, 0.05) is 29.8 Å². The van der Waals surface area contributed by atoms with Gasteiger partial charge in [0.05, 0.1) is 6.10 Å². The zero-order valence-electron chi connectivity index (χ0n) is 11.9. The van der Waals surface area contributed by atoms with Crippen LogP contribution in [0.4, 0.5) is 5.69 Å². The van der Waals surface area contributed by atoms with Gasteiger partial charge in [-0.05, 0) is 25.8 Å². The van der Waals surface area contributed by atoms with Crippen LogP contribution in [-0.4, -0.2) is 18.2 Å². The molecule has 0 aromatic heterocycles. The summed E-state index contributed by atoms with van der Waals surface area (Å²) in [5, 5.41) is 9.89. The van der Waals surface area contributed by atoms with Gasteiger partial charge in [-0.15, -0.1) is 0 Å². The van der Waals surface area contributed by atoms with Crippen molar-refractivity contribution in [1.82, 2.24) is 0 Å². The number of para-hydroxylation sites is 1. The molecule has 1 saturated carbocycles. The first-order valence-electron chi connectivity index (χ1n) is 7.72. The molecule has 19 heavy (non-hydrogen) atoms. The molecule has 1 heterocycles. The predicted octanol–water partition coefficient (Wildman–Crippen LogP) is 3.90. The summed E-state index contributed by atoms with van der Waals surface area (Å²) in [4.78, 5) is 2.47. The van der Waals surface area contributed by atoms with Crippen LogP contribution in [0.5, 0.6) is 0 Å². The number of benzene rings is 1. The molecule has 0 bridgehead atoms. The van der Waals surface area contributed by atoms with E-state index in [-0.39, 0.29) is 6.10 Å². The van der Waals surface area contributed by atoms with E-state index in [1.54, 1.807) is 0 Å². The summed E-state index contributed by atoms with van der Waals surface area (Å²) < 4.78 is 0. The minimum atomic E-state index is -0.373. The maximum absolute atomic E-state index is 9.89. The Labute approximate surface area is 116 Å². The highest BCUT2D eigenvalue weighted by molar-refractivity contribution is 5.57. The molecule has 2 heteroatoms. The van der Waals surface area contributed by atoms with Crippen LogP contribution >= 0.6 is 0 Å². The highest BCUT2D eigenvalue weighted by Gasteiger charge is 2.43. The third-order valence-corrected chi connectivity index (χ3v) is 4.94. The molecular formula is C17H25NO. The van der Waals surface area contributed by atoms with Crippen molar-refractivity contribution in [3.8, 4) is 0 Å². The van der Waals surface area contributed by atoms with Crippen LogP contribution in [0.1, 0.15) is 57.1 Å². The lowest BCUT2D eigenvalue weighted by Gasteiger charge is -2.52. The molecule has 1 spiro atoms. The number of aliphatic hydroxyl groups excluding tert-OH is 1. The Morgan fingerprint density at radius 1 is 1.05 bits per heavy atom. The van der Waals surface area contributed by atoms with Gasteiger partial charge in [-0.2, -0.15) is 0 Å². The fraction of sp³-hybridized carbons (Fsp3) is 0.647. The van der Waals surface area contributed by atoms with Gasteiger partial charge >= 0.3 is 0 Å². The Morgan fingerprint density at radius 2 is 1.68 bits per heavy atom. The number of nitrogens with zero attached hydrogens (tertiary/aromatic N) is 1. The fourth-order valence-corrected chi connectivity index (χ4v) is 3.86. The summed E-state index contributed by atoms with van der Waals surface area (Å²) in [6.45, 7) is 4.24. The molecule has 104 valence electrons. The lowest BCUT2D eigenvalue weighted by Crippen LogP contribution is -2.56. The van der Waals surface area contributed by atoms with E-state index < -0.39 is 0 Å². The monoisotopic (exact) mass is 259 g/mol. The summed E-state index contributed by atoms with van der Waals surface area (Å²) in [6.07, 6.45) is 8.10. The van der Waals surface area contributed by atoms with E-state index in [9.17, 15) is 5.11 Å². The van der Waals surface area contributed by atoms with Gasteiger partial charge in [-0.1, -0.05) is 43.9 Å². The second-order valence-corrected chi connectivity index (χ2v) is 6.51. The number of rotatable bonds is 2. The minimum Gasteiger partial charge on any atom is -0.389 e. The van der Waals surface area contributed by atoms with Crippen LogP contribution in [0.15, 0.2) is 24.3 Å². The van der Waals surface area contributed by atoms with Gasteiger partial charge in [-0.3, -0.25) is 0 Å². The first-order chi connectivity index (χ1) is 9.20. The maximum atomic E-state index is 9.89. The van der Waals surface area contributed by atoms with Crippen molar-refractivity contribution in [1.29, 1.82) is 0 Å². The summed E-state index contributed by atoms with van der Waals surface area (Å²) in [6, 6.07) is 8.32. The topological polar surface area (TPSA) is 23.5 Å². The molecule has 2 fully saturated rings. The highest BCUT2D eigenvalue weighted by Crippen LogP contribution is 2.45. The van der Waals surface area contributed by atoms with Crippen LogP contribution in [0.2, 0.25) is 0 Å². The first-order valence-corrected chi connectivity index (χ1v) is 7.72. The van der Waals surface area contributed by atoms with Gasteiger partial charge in [0.15, 0.2) is 0 Å². The quantitative estimate of drug-likeness (QED) is 0.870. The molecule has 3 rings (SSSR count). The molecule has 0 radical (unpaired) electrons. The van der Waals surface area contributed by atoms with E-state index >= 15 is 0 Å². The Hall–Kier alpha value is -1.02. The Bertz CT molecular complexity index is 425. The summed E-state index contributed by atoms with van der Waals surface area (Å²) in [7, 11) is 0. The van der Waals surface area contributed by atoms with E-state index in [1.807, 2.05) is 13.0 Å². The van der Waals surface area contributed by atoms with Crippen LogP contribution in [-0.2, 0) is 0 Å². The molecule has 1 aliphatic carbocycles. The van der Waals surface area contributed by atoms with Gasteiger partial charge in [0.2, 0.25) is 0 Å². The van der Waals surface area contributed by atoms with E-state index in [0.717, 1.165) is 5.56 Å². The lowest BCUT2D eigenvalue weighted by atomic mass is 9.73. The molecule has 2 aliphatic rings. The molecule has 1 aromatic rings. The molecule has 1 aliphatic heterocycles. The SMILES string of the molecule is CC(O)c1ccccc1N1CC2(CCCCCC2)C1. The number of anilines is 1. The second-order valence-electron chi connectivity index (χ2n) is 6.51. The van der Waals surface area contributed by atoms with Crippen molar-refractivity contribution in [3.63, 3.8) is 0 Å². The molecular weight excluding hydrogens is 234 g/mol. The van der Waals surface area contributed by atoms with Crippen LogP contribution in [0.3, 0.4) is 0 Å². The number of hydrogen-bond donors (Lipinski definition) is 1. The van der Waals surface area contributed by atoms with Crippen molar-refractivity contribution in [2.75, 3.05) is 18.0 Å². The molecule has 1 atom stereocenters. The Kier molecular flexibility index (Phi) is 3.53. The summed E-state index contributed by atoms with van der Waals surface area (Å²) >= 11 is 0. The lowest BCUT2D eigenvalue weighted by molar-refractivity contribution is 0.175. The Balaban J connectivity index is 1.73. The summed E-state index contributed by atoms with van der Waals surface area (Å²) in [5.74, 6) is 0. The number of aliphatic hydroxyl groups is 1. The van der Waals surface area contributed by atoms with Crippen molar-refractivity contribution in [3.05, 3.63) is 29.8 Å². The normalized spacial score (nSPS) is 23.8. The molecule has 2 nitrogen and oxygen atoms in total. The average Bonchev–Trinajstić information content (AvgIpc) is 2.62. The van der Waals surface area contributed by atoms with Gasteiger partial charge in [0.1, 0.15) is 0 Å². The zero-order chi connectivity index (χ0) is 13.3. The first kappa shape index (κ1) is 13.0. The summed E-state index contributed by atoms with van der Waals surface area (Å²) in [5.41, 5.74) is 2.90. The molecule has 1 N–H and O–H groups in total. The Morgan fingerprint density at radius 3 is 2.32 bits per heavy atom. The van der Waals surface area contributed by atoms with Crippen LogP contribution in [0, 0.1) is 5.41 Å². The predicted molar refractivity (Wildman–Crippen MR) is 79.4 cm³/mol. The van der Waals surface area contributed by atoms with Crippen molar-refractivity contribution < 1.29 is 5.11 Å². The van der Waals surface area contributed by atoms with Crippen molar-refractivity contribution >= 4 is 5.69 Å². The van der Waals surface area contributed by atoms with E-state index in [1.165, 1.54) is 57.3 Å². The van der Waals surface area contributed by atoms with E-state index in [2.05, 4.69) is 23.1 Å². The van der Waals surface area contributed by atoms with Gasteiger partial charge < -0.3 is 10.0 Å². The smallest absolute Gasteiger partial charge is 0.0781 e.